The Morgan fingerprint density at radius 1 is 0.667 bits per heavy atom. The molecule has 0 fully saturated rings. The largest absolute Gasteiger partial charge is 4.00 e. The van der Waals surface area contributed by atoms with Crippen LogP contribution in [-0.4, -0.2) is 17.4 Å². The van der Waals surface area contributed by atoms with Crippen LogP contribution in [0.2, 0.25) is 0 Å². The summed E-state index contributed by atoms with van der Waals surface area (Å²) >= 11 is 0. The third-order valence-electron chi connectivity index (χ3n) is 0. The van der Waals surface area contributed by atoms with Gasteiger partial charge in [0.15, 0.2) is 0 Å². The van der Waals surface area contributed by atoms with Crippen molar-refractivity contribution >= 4 is 17.4 Å². The summed E-state index contributed by atoms with van der Waals surface area (Å²) in [6, 6.07) is 0. The zero-order valence-corrected chi connectivity index (χ0v) is 7.22. The average molecular weight is 225 g/mol. The Hall–Kier alpha value is 1.79. The van der Waals surface area contributed by atoms with E-state index in [4.69, 9.17) is 0 Å². The van der Waals surface area contributed by atoms with Crippen molar-refractivity contribution < 1.29 is 59.1 Å². The minimum atomic E-state index is 0. The van der Waals surface area contributed by atoms with Crippen LogP contribution in [0.3, 0.4) is 0 Å². The molecule has 0 aliphatic heterocycles. The van der Waals surface area contributed by atoms with Gasteiger partial charge in [0, 0.05) is 0 Å². The van der Waals surface area contributed by atoms with Gasteiger partial charge in [0.25, 0.3) is 0 Å². The summed E-state index contributed by atoms with van der Waals surface area (Å²) in [6.45, 7) is 0. The molecule has 6 heteroatoms. The molecular formula is AlNiO3Zr+3. The van der Waals surface area contributed by atoms with Crippen molar-refractivity contribution in [1.29, 1.82) is 0 Å². The second-order valence-corrected chi connectivity index (χ2v) is 0. The first-order chi connectivity index (χ1) is 0. The Labute approximate surface area is 76.0 Å². The third kappa shape index (κ3) is 41.5. The molecule has 0 aliphatic rings. The van der Waals surface area contributed by atoms with Gasteiger partial charge in [-0.25, -0.2) is 0 Å². The van der Waals surface area contributed by atoms with Crippen LogP contribution < -0.4 is 0 Å². The predicted octanol–water partition coefficient (Wildman–Crippen LogP) is -0.742. The van der Waals surface area contributed by atoms with Crippen LogP contribution in [-0.2, 0) is 59.1 Å². The van der Waals surface area contributed by atoms with Crippen molar-refractivity contribution in [2.75, 3.05) is 0 Å². The minimum Gasteiger partial charge on any atom is -2.00 e. The summed E-state index contributed by atoms with van der Waals surface area (Å²) in [6.07, 6.45) is 0. The van der Waals surface area contributed by atoms with Crippen LogP contribution in [0.25, 0.3) is 0 Å². The molecule has 0 aromatic carbocycles. The van der Waals surface area contributed by atoms with Gasteiger partial charge in [0.2, 0.25) is 0 Å². The standard InChI is InChI=1S/Al.Ni.3O.Zr/q+3;+2;3*-2;+4. The van der Waals surface area contributed by atoms with E-state index in [-0.39, 0.29) is 76.5 Å². The fraction of sp³-hybridized carbons (Fsp3) is 0. The van der Waals surface area contributed by atoms with Gasteiger partial charge < -0.3 is 16.4 Å². The molecule has 0 amide bonds. The topological polar surface area (TPSA) is 85.5 Å². The second-order valence-electron chi connectivity index (χ2n) is 0. The summed E-state index contributed by atoms with van der Waals surface area (Å²) in [5.41, 5.74) is 0. The molecule has 0 N–H and O–H groups in total. The molecule has 0 aromatic rings. The molecule has 32 valence electrons. The van der Waals surface area contributed by atoms with Crippen LogP contribution in [0.15, 0.2) is 0 Å². The zero-order chi connectivity index (χ0) is 0. The fourth-order valence-corrected chi connectivity index (χ4v) is 0. The Bertz CT molecular complexity index is 10.8. The first-order valence-corrected chi connectivity index (χ1v) is 0. The Morgan fingerprint density at radius 3 is 0.667 bits per heavy atom. The van der Waals surface area contributed by atoms with E-state index in [0.29, 0.717) is 0 Å². The molecule has 0 aliphatic carbocycles. The second kappa shape index (κ2) is 71.1. The predicted molar refractivity (Wildman–Crippen MR) is 7.81 cm³/mol. The molecular weight excluding hydrogens is 225 g/mol. The maximum atomic E-state index is 0. The van der Waals surface area contributed by atoms with Crippen molar-refractivity contribution in [3.05, 3.63) is 0 Å². The third-order valence-corrected chi connectivity index (χ3v) is 0. The van der Waals surface area contributed by atoms with Crippen molar-refractivity contribution in [2.24, 2.45) is 0 Å². The van der Waals surface area contributed by atoms with Gasteiger partial charge in [0.1, 0.15) is 0 Å². The van der Waals surface area contributed by atoms with Crippen molar-refractivity contribution in [3.63, 3.8) is 0 Å². The Balaban J connectivity index is 0. The van der Waals surface area contributed by atoms with Crippen molar-refractivity contribution in [2.45, 2.75) is 0 Å². The average Bonchev–Trinajstić information content (AvgIpc) is 0. The number of rotatable bonds is 0. The van der Waals surface area contributed by atoms with E-state index in [0.717, 1.165) is 0 Å². The molecule has 0 aromatic heterocycles. The quantitative estimate of drug-likeness (QED) is 0.486. The van der Waals surface area contributed by atoms with Gasteiger partial charge in [-0.15, -0.1) is 0 Å². The monoisotopic (exact) mass is 223 g/mol. The molecule has 0 spiro atoms. The van der Waals surface area contributed by atoms with Crippen LogP contribution in [0.5, 0.6) is 0 Å². The molecule has 3 nitrogen and oxygen atoms in total. The maximum Gasteiger partial charge on any atom is 4.00 e. The fourth-order valence-electron chi connectivity index (χ4n) is 0. The maximum absolute atomic E-state index is 0. The zero-order valence-electron chi connectivity index (χ0n) is 2.62. The minimum absolute atomic E-state index is 0. The Kier molecular flexibility index (Phi) is 1330. The van der Waals surface area contributed by atoms with Crippen molar-refractivity contribution in [1.82, 2.24) is 0 Å². The van der Waals surface area contributed by atoms with E-state index >= 15 is 0 Å². The summed E-state index contributed by atoms with van der Waals surface area (Å²) in [5, 5.41) is 0. The summed E-state index contributed by atoms with van der Waals surface area (Å²) in [5.74, 6) is 0. The molecule has 0 rings (SSSR count). The Morgan fingerprint density at radius 2 is 0.667 bits per heavy atom. The molecule has 0 saturated carbocycles. The molecule has 0 atom stereocenters. The van der Waals surface area contributed by atoms with Crippen LogP contribution in [0.1, 0.15) is 0 Å². The van der Waals surface area contributed by atoms with E-state index in [1.165, 1.54) is 0 Å². The number of hydrogen-bond acceptors (Lipinski definition) is 0. The first-order valence-electron chi connectivity index (χ1n) is 0. The van der Waals surface area contributed by atoms with Gasteiger partial charge in [-0.3, -0.25) is 0 Å². The summed E-state index contributed by atoms with van der Waals surface area (Å²) in [7, 11) is 0. The van der Waals surface area contributed by atoms with E-state index in [1.54, 1.807) is 0 Å². The summed E-state index contributed by atoms with van der Waals surface area (Å²) in [4.78, 5) is 0. The van der Waals surface area contributed by atoms with E-state index in [1.807, 2.05) is 0 Å². The van der Waals surface area contributed by atoms with Gasteiger partial charge >= 0.3 is 60.1 Å². The molecule has 6 heavy (non-hydrogen) atoms. The van der Waals surface area contributed by atoms with Crippen LogP contribution in [0.4, 0.5) is 0 Å². The number of hydrogen-bond donors (Lipinski definition) is 0. The molecule has 0 heterocycles. The van der Waals surface area contributed by atoms with Gasteiger partial charge in [0.05, 0.1) is 0 Å². The van der Waals surface area contributed by atoms with Crippen molar-refractivity contribution in [3.8, 4) is 0 Å². The SMILES string of the molecule is [Al+3].[Ni+2].[O-2].[O-2].[O-2].[Zr+4]. The van der Waals surface area contributed by atoms with Gasteiger partial charge in [-0.05, 0) is 0 Å². The van der Waals surface area contributed by atoms with Gasteiger partial charge in [-0.2, -0.15) is 0 Å². The molecule has 0 unspecified atom stereocenters. The van der Waals surface area contributed by atoms with Gasteiger partial charge in [-0.1, -0.05) is 0 Å². The van der Waals surface area contributed by atoms with Crippen LogP contribution >= 0.6 is 0 Å². The molecule has 0 radical (unpaired) electrons. The van der Waals surface area contributed by atoms with E-state index in [2.05, 4.69) is 0 Å². The molecule has 0 bridgehead atoms. The van der Waals surface area contributed by atoms with E-state index in [9.17, 15) is 0 Å². The first kappa shape index (κ1) is 112. The van der Waals surface area contributed by atoms with E-state index < -0.39 is 0 Å². The van der Waals surface area contributed by atoms with Crippen LogP contribution in [0, 0.1) is 0 Å². The smallest absolute Gasteiger partial charge is 2.00 e. The molecule has 0 saturated heterocycles. The normalized spacial score (nSPS) is 0. The summed E-state index contributed by atoms with van der Waals surface area (Å²) < 4.78 is 0.